The first-order valence-corrected chi connectivity index (χ1v) is 6.97. The lowest BCUT2D eigenvalue weighted by atomic mass is 10.1. The Morgan fingerprint density at radius 2 is 2.11 bits per heavy atom. The molecule has 18 heavy (non-hydrogen) atoms. The fourth-order valence-corrected chi connectivity index (χ4v) is 1.59. The number of hydrogen-bond acceptors (Lipinski definition) is 3. The molecule has 0 saturated carbocycles. The fraction of sp³-hybridized carbons (Fsp3) is 0.667. The van der Waals surface area contributed by atoms with Gasteiger partial charge in [0, 0.05) is 12.2 Å². The van der Waals surface area contributed by atoms with Crippen LogP contribution in [0.3, 0.4) is 0 Å². The van der Waals surface area contributed by atoms with Gasteiger partial charge in [0.05, 0.1) is 12.3 Å². The van der Waals surface area contributed by atoms with Gasteiger partial charge in [-0.15, -0.1) is 0 Å². The summed E-state index contributed by atoms with van der Waals surface area (Å²) in [6.45, 7) is 11.1. The maximum Gasteiger partial charge on any atom is 0.142 e. The maximum absolute atomic E-state index is 5.87. The first-order valence-electron chi connectivity index (χ1n) is 6.97. The Bertz CT molecular complexity index is 352. The molecule has 0 aliphatic carbocycles. The van der Waals surface area contributed by atoms with Crippen LogP contribution in [-0.4, -0.2) is 18.1 Å². The molecule has 0 aliphatic rings. The molecule has 0 bridgehead atoms. The third kappa shape index (κ3) is 5.05. The summed E-state index contributed by atoms with van der Waals surface area (Å²) in [6.07, 6.45) is 2.28. The second-order valence-corrected chi connectivity index (χ2v) is 4.90. The van der Waals surface area contributed by atoms with Crippen LogP contribution < -0.4 is 10.1 Å². The zero-order valence-corrected chi connectivity index (χ0v) is 12.1. The van der Waals surface area contributed by atoms with Crippen molar-refractivity contribution in [3.05, 3.63) is 23.5 Å². The van der Waals surface area contributed by atoms with Crippen LogP contribution in [0.1, 0.15) is 45.0 Å². The van der Waals surface area contributed by atoms with Gasteiger partial charge in [-0.3, -0.25) is 4.98 Å². The molecular formula is C15H26N2O. The van der Waals surface area contributed by atoms with Gasteiger partial charge in [0.2, 0.25) is 0 Å². The van der Waals surface area contributed by atoms with Crippen molar-refractivity contribution in [3.8, 4) is 5.75 Å². The molecule has 102 valence electrons. The molecule has 0 amide bonds. The summed E-state index contributed by atoms with van der Waals surface area (Å²) >= 11 is 0. The van der Waals surface area contributed by atoms with Gasteiger partial charge >= 0.3 is 0 Å². The molecule has 1 rings (SSSR count). The van der Waals surface area contributed by atoms with Crippen molar-refractivity contribution in [3.63, 3.8) is 0 Å². The molecule has 3 heteroatoms. The first-order chi connectivity index (χ1) is 8.67. The Kier molecular flexibility index (Phi) is 6.73. The number of nitrogens with one attached hydrogen (secondary N) is 1. The summed E-state index contributed by atoms with van der Waals surface area (Å²) in [6, 6.07) is 4.04. The number of ether oxygens (including phenoxy) is 1. The van der Waals surface area contributed by atoms with Crippen molar-refractivity contribution >= 4 is 0 Å². The number of rotatable bonds is 8. The van der Waals surface area contributed by atoms with Crippen LogP contribution in [0, 0.1) is 12.8 Å². The molecule has 1 aromatic heterocycles. The molecule has 0 spiro atoms. The molecular weight excluding hydrogens is 224 g/mol. The third-order valence-corrected chi connectivity index (χ3v) is 3.01. The Balaban J connectivity index is 2.63. The summed E-state index contributed by atoms with van der Waals surface area (Å²) in [4.78, 5) is 4.56. The van der Waals surface area contributed by atoms with Crippen molar-refractivity contribution in [2.75, 3.05) is 13.2 Å². The predicted octanol–water partition coefficient (Wildman–Crippen LogP) is 3.31. The molecule has 0 aliphatic heterocycles. The number of pyridine rings is 1. The van der Waals surface area contributed by atoms with Gasteiger partial charge in [0.15, 0.2) is 0 Å². The van der Waals surface area contributed by atoms with E-state index in [-0.39, 0.29) is 0 Å². The fourth-order valence-electron chi connectivity index (χ4n) is 1.59. The molecule has 0 saturated heterocycles. The van der Waals surface area contributed by atoms with Crippen LogP contribution in [0.2, 0.25) is 0 Å². The summed E-state index contributed by atoms with van der Waals surface area (Å²) in [5.41, 5.74) is 2.06. The van der Waals surface area contributed by atoms with Gasteiger partial charge in [-0.05, 0) is 37.9 Å². The zero-order valence-electron chi connectivity index (χ0n) is 12.1. The van der Waals surface area contributed by atoms with Crippen LogP contribution in [0.4, 0.5) is 0 Å². The van der Waals surface area contributed by atoms with E-state index < -0.39 is 0 Å². The number of nitrogens with zero attached hydrogens (tertiary/aromatic N) is 1. The average molecular weight is 250 g/mol. The average Bonchev–Trinajstić information content (AvgIpc) is 2.37. The van der Waals surface area contributed by atoms with Crippen molar-refractivity contribution in [1.82, 2.24) is 10.3 Å². The van der Waals surface area contributed by atoms with Gasteiger partial charge in [0.1, 0.15) is 5.75 Å². The minimum Gasteiger partial charge on any atom is -0.491 e. The molecule has 0 radical (unpaired) electrons. The van der Waals surface area contributed by atoms with Gasteiger partial charge in [-0.25, -0.2) is 0 Å². The van der Waals surface area contributed by atoms with Gasteiger partial charge < -0.3 is 10.1 Å². The zero-order chi connectivity index (χ0) is 13.4. The van der Waals surface area contributed by atoms with E-state index in [0.717, 1.165) is 49.7 Å². The Morgan fingerprint density at radius 3 is 2.78 bits per heavy atom. The minimum absolute atomic E-state index is 0.586. The predicted molar refractivity (Wildman–Crippen MR) is 75.9 cm³/mol. The Labute approximate surface area is 111 Å². The van der Waals surface area contributed by atoms with Crippen molar-refractivity contribution in [2.24, 2.45) is 5.92 Å². The highest BCUT2D eigenvalue weighted by molar-refractivity contribution is 5.29. The van der Waals surface area contributed by atoms with E-state index in [1.165, 1.54) is 0 Å². The molecule has 1 N–H and O–H groups in total. The number of aryl methyl sites for hydroxylation is 1. The van der Waals surface area contributed by atoms with E-state index in [9.17, 15) is 0 Å². The molecule has 1 atom stereocenters. The first kappa shape index (κ1) is 15.0. The highest BCUT2D eigenvalue weighted by atomic mass is 16.5. The van der Waals surface area contributed by atoms with Crippen LogP contribution in [0.15, 0.2) is 12.1 Å². The highest BCUT2D eigenvalue weighted by Gasteiger charge is 2.07. The van der Waals surface area contributed by atoms with Gasteiger partial charge in [0.25, 0.3) is 0 Å². The van der Waals surface area contributed by atoms with Crippen LogP contribution >= 0.6 is 0 Å². The molecule has 0 fully saturated rings. The second kappa shape index (κ2) is 8.09. The number of hydrogen-bond donors (Lipinski definition) is 1. The summed E-state index contributed by atoms with van der Waals surface area (Å²) in [5.74, 6) is 1.51. The van der Waals surface area contributed by atoms with Crippen LogP contribution in [0.25, 0.3) is 0 Å². The second-order valence-electron chi connectivity index (χ2n) is 4.90. The smallest absolute Gasteiger partial charge is 0.142 e. The van der Waals surface area contributed by atoms with E-state index in [2.05, 4.69) is 31.1 Å². The number of aromatic nitrogens is 1. The van der Waals surface area contributed by atoms with Crippen molar-refractivity contribution < 1.29 is 4.74 Å². The molecule has 1 aromatic rings. The quantitative estimate of drug-likeness (QED) is 0.719. The highest BCUT2D eigenvalue weighted by Crippen LogP contribution is 2.18. The van der Waals surface area contributed by atoms with E-state index >= 15 is 0 Å². The standard InChI is InChI=1S/C15H26N2O/c1-5-9-16-10-14-15(8-7-13(4)17-14)18-11-12(3)6-2/h7-8,12,16H,5-6,9-11H2,1-4H3. The summed E-state index contributed by atoms with van der Waals surface area (Å²) in [7, 11) is 0. The normalized spacial score (nSPS) is 12.4. The summed E-state index contributed by atoms with van der Waals surface area (Å²) < 4.78 is 5.87. The molecule has 3 nitrogen and oxygen atoms in total. The Morgan fingerprint density at radius 1 is 1.33 bits per heavy atom. The molecule has 1 heterocycles. The Hall–Kier alpha value is -1.09. The van der Waals surface area contributed by atoms with Gasteiger partial charge in [-0.1, -0.05) is 27.2 Å². The van der Waals surface area contributed by atoms with Crippen molar-refractivity contribution in [1.29, 1.82) is 0 Å². The maximum atomic E-state index is 5.87. The molecule has 0 aromatic carbocycles. The van der Waals surface area contributed by atoms with Crippen LogP contribution in [0.5, 0.6) is 5.75 Å². The van der Waals surface area contributed by atoms with Gasteiger partial charge in [-0.2, -0.15) is 0 Å². The monoisotopic (exact) mass is 250 g/mol. The van der Waals surface area contributed by atoms with E-state index in [1.807, 2.05) is 19.1 Å². The van der Waals surface area contributed by atoms with E-state index in [4.69, 9.17) is 4.74 Å². The lowest BCUT2D eigenvalue weighted by molar-refractivity contribution is 0.252. The van der Waals surface area contributed by atoms with Crippen molar-refractivity contribution in [2.45, 2.75) is 47.1 Å². The van der Waals surface area contributed by atoms with Crippen LogP contribution in [-0.2, 0) is 6.54 Å². The lowest BCUT2D eigenvalue weighted by Gasteiger charge is -2.14. The molecule has 1 unspecified atom stereocenters. The SMILES string of the molecule is CCCNCc1nc(C)ccc1OCC(C)CC. The largest absolute Gasteiger partial charge is 0.491 e. The lowest BCUT2D eigenvalue weighted by Crippen LogP contribution is -2.17. The van der Waals surface area contributed by atoms with E-state index in [0.29, 0.717) is 5.92 Å². The third-order valence-electron chi connectivity index (χ3n) is 3.01. The minimum atomic E-state index is 0.586. The summed E-state index contributed by atoms with van der Waals surface area (Å²) in [5, 5.41) is 3.38. The van der Waals surface area contributed by atoms with E-state index in [1.54, 1.807) is 0 Å². The topological polar surface area (TPSA) is 34.2 Å².